The smallest absolute Gasteiger partial charge is 1.00 e. The molecule has 0 aliphatic rings. The molecule has 0 aliphatic heterocycles. The van der Waals surface area contributed by atoms with Crippen LogP contribution in [0.3, 0.4) is 0 Å². The Labute approximate surface area is 102 Å². The van der Waals surface area contributed by atoms with Gasteiger partial charge in [0.15, 0.2) is 0 Å². The van der Waals surface area contributed by atoms with Gasteiger partial charge in [-0.1, -0.05) is 18.2 Å². The van der Waals surface area contributed by atoms with Gasteiger partial charge in [0, 0.05) is 0 Å². The summed E-state index contributed by atoms with van der Waals surface area (Å²) in [6.07, 6.45) is 0. The van der Waals surface area contributed by atoms with E-state index in [1.54, 1.807) is 18.2 Å². The maximum atomic E-state index is 10.9. The minimum atomic E-state index is -2.55. The third kappa shape index (κ3) is 4.54. The van der Waals surface area contributed by atoms with E-state index in [1.807, 2.05) is 0 Å². The summed E-state index contributed by atoms with van der Waals surface area (Å²) in [6, 6.07) is 7.99. The molecule has 0 radical (unpaired) electrons. The fourth-order valence-corrected chi connectivity index (χ4v) is 0.913. The topological polar surface area (TPSA) is 63.6 Å². The second-order valence-electron chi connectivity index (χ2n) is 1.95. The molecule has 1 unspecified atom stereocenters. The van der Waals surface area contributed by atoms with Crippen LogP contribution < -0.4 is 29.6 Å². The predicted octanol–water partition coefficient (Wildman–Crippen LogP) is -1.90. The van der Waals surface area contributed by atoms with Gasteiger partial charge in [-0.25, -0.2) is 4.79 Å². The summed E-state index contributed by atoms with van der Waals surface area (Å²) in [4.78, 5) is 10.9. The maximum Gasteiger partial charge on any atom is 1.00 e. The van der Waals surface area contributed by atoms with Crippen molar-refractivity contribution in [3.8, 4) is 0 Å². The molecule has 0 aromatic heterocycles. The Morgan fingerprint density at radius 3 is 2.38 bits per heavy atom. The summed E-state index contributed by atoms with van der Waals surface area (Å²) in [7, 11) is 0. The van der Waals surface area contributed by atoms with Gasteiger partial charge < -0.3 is 5.61 Å². The van der Waals surface area contributed by atoms with Gasteiger partial charge in [0.25, 0.3) is 0 Å². The van der Waals surface area contributed by atoms with Crippen LogP contribution in [-0.4, -0.2) is 14.7 Å². The molecule has 0 heterocycles. The van der Waals surface area contributed by atoms with Crippen molar-refractivity contribution in [3.63, 3.8) is 0 Å². The molecule has 66 valence electrons. The van der Waals surface area contributed by atoms with Gasteiger partial charge in [-0.05, 0) is 12.1 Å². The molecule has 1 N–H and O–H groups in total. The first-order valence-corrected chi connectivity index (χ1v) is 4.12. The summed E-state index contributed by atoms with van der Waals surface area (Å²) in [5.41, 5.74) is 0.250. The quantitative estimate of drug-likeness (QED) is 0.457. The molecule has 0 aliphatic carbocycles. The van der Waals surface area contributed by atoms with E-state index in [1.165, 1.54) is 12.1 Å². The molecule has 6 heteroatoms. The molecular formula is C7H7NaO4S. The molecule has 1 aromatic rings. The van der Waals surface area contributed by atoms with Gasteiger partial charge in [-0.2, -0.15) is 4.21 Å². The summed E-state index contributed by atoms with van der Waals surface area (Å²) in [5, 5.41) is 0. The summed E-state index contributed by atoms with van der Waals surface area (Å²) in [5.74, 6) is -0.809. The molecule has 0 saturated heterocycles. The molecular weight excluding hydrogens is 203 g/mol. The number of carbonyl (C=O) groups is 1. The fraction of sp³-hybridized carbons (Fsp3) is 0. The Balaban J connectivity index is 0. The molecule has 1 rings (SSSR count). The average molecular weight is 210 g/mol. The first-order valence-electron chi connectivity index (χ1n) is 3.08. The van der Waals surface area contributed by atoms with E-state index < -0.39 is 17.3 Å². The zero-order chi connectivity index (χ0) is 8.97. The van der Waals surface area contributed by atoms with Crippen molar-refractivity contribution in [1.29, 1.82) is 0 Å². The molecule has 13 heavy (non-hydrogen) atoms. The zero-order valence-electron chi connectivity index (χ0n) is 7.97. The van der Waals surface area contributed by atoms with Crippen LogP contribution in [0.5, 0.6) is 0 Å². The van der Waals surface area contributed by atoms with E-state index in [4.69, 9.17) is 4.55 Å². The number of rotatable bonds is 2. The summed E-state index contributed by atoms with van der Waals surface area (Å²) in [6.45, 7) is 0. The molecule has 0 fully saturated rings. The standard InChI is InChI=1S/C7H6O4S.Na.H/c8-7(11-12(9)10)6-4-2-1-3-5-6;;/h1-5H,(H,9,10);;/q;+1;-1. The van der Waals surface area contributed by atoms with Gasteiger partial charge in [0.05, 0.1) is 5.56 Å². The second kappa shape index (κ2) is 6.28. The molecule has 1 aromatic carbocycles. The molecule has 1 atom stereocenters. The van der Waals surface area contributed by atoms with Crippen molar-refractivity contribution in [2.24, 2.45) is 0 Å². The average Bonchev–Trinajstić information content (AvgIpc) is 2.05. The molecule has 0 amide bonds. The van der Waals surface area contributed by atoms with Gasteiger partial charge >= 0.3 is 46.9 Å². The second-order valence-corrected chi connectivity index (χ2v) is 2.55. The minimum absolute atomic E-state index is 0. The Bertz CT molecular complexity index is 306. The Morgan fingerprint density at radius 2 is 1.92 bits per heavy atom. The first-order chi connectivity index (χ1) is 5.70. The van der Waals surface area contributed by atoms with Crippen LogP contribution in [0.15, 0.2) is 30.3 Å². The van der Waals surface area contributed by atoms with Crippen LogP contribution in [0.4, 0.5) is 0 Å². The van der Waals surface area contributed by atoms with Crippen molar-refractivity contribution in [3.05, 3.63) is 35.9 Å². The van der Waals surface area contributed by atoms with Gasteiger partial charge in [0.1, 0.15) is 0 Å². The van der Waals surface area contributed by atoms with Crippen LogP contribution in [0.2, 0.25) is 0 Å². The predicted molar refractivity (Wildman–Crippen MR) is 43.7 cm³/mol. The van der Waals surface area contributed by atoms with Crippen LogP contribution in [0.25, 0.3) is 0 Å². The number of hydrogen-bond acceptors (Lipinski definition) is 3. The Hall–Kier alpha value is -0.200. The zero-order valence-corrected chi connectivity index (χ0v) is 9.78. The van der Waals surface area contributed by atoms with Crippen molar-refractivity contribution in [1.82, 2.24) is 0 Å². The van der Waals surface area contributed by atoms with Crippen LogP contribution >= 0.6 is 0 Å². The first kappa shape index (κ1) is 12.8. The minimum Gasteiger partial charge on any atom is -1.00 e. The van der Waals surface area contributed by atoms with Crippen LogP contribution in [-0.2, 0) is 15.5 Å². The Morgan fingerprint density at radius 1 is 1.38 bits per heavy atom. The van der Waals surface area contributed by atoms with Crippen LogP contribution in [0, 0.1) is 0 Å². The van der Waals surface area contributed by atoms with Gasteiger partial charge in [-0.15, -0.1) is 0 Å². The number of benzene rings is 1. The van der Waals surface area contributed by atoms with Crippen molar-refractivity contribution >= 4 is 17.3 Å². The van der Waals surface area contributed by atoms with E-state index >= 15 is 0 Å². The van der Waals surface area contributed by atoms with E-state index in [9.17, 15) is 9.00 Å². The summed E-state index contributed by atoms with van der Waals surface area (Å²) < 4.78 is 22.3. The van der Waals surface area contributed by atoms with E-state index in [0.717, 1.165) is 0 Å². The van der Waals surface area contributed by atoms with Crippen LogP contribution in [0.1, 0.15) is 11.8 Å². The SMILES string of the molecule is O=C(OS(=O)O)c1ccccc1.[H-].[Na+]. The number of carbonyl (C=O) groups excluding carboxylic acids is 1. The molecule has 0 bridgehead atoms. The third-order valence-electron chi connectivity index (χ3n) is 1.16. The van der Waals surface area contributed by atoms with Gasteiger partial charge in [-0.3, -0.25) is 4.55 Å². The fourth-order valence-electron chi connectivity index (χ4n) is 0.687. The normalized spacial score (nSPS) is 11.2. The maximum absolute atomic E-state index is 10.9. The monoisotopic (exact) mass is 210 g/mol. The van der Waals surface area contributed by atoms with Crippen molar-refractivity contribution in [2.45, 2.75) is 0 Å². The Kier molecular flexibility index (Phi) is 6.19. The molecule has 0 spiro atoms. The third-order valence-corrected chi connectivity index (χ3v) is 1.45. The summed E-state index contributed by atoms with van der Waals surface area (Å²) >= 11 is -2.55. The van der Waals surface area contributed by atoms with Crippen molar-refractivity contribution < 1.29 is 48.7 Å². The van der Waals surface area contributed by atoms with E-state index in [-0.39, 0.29) is 36.5 Å². The van der Waals surface area contributed by atoms with E-state index in [2.05, 4.69) is 4.18 Å². The van der Waals surface area contributed by atoms with Crippen molar-refractivity contribution in [2.75, 3.05) is 0 Å². The van der Waals surface area contributed by atoms with Gasteiger partial charge in [0.2, 0.25) is 0 Å². The largest absolute Gasteiger partial charge is 1.00 e. The number of hydrogen-bond donors (Lipinski definition) is 1. The molecule has 4 nitrogen and oxygen atoms in total. The molecule has 0 saturated carbocycles. The van der Waals surface area contributed by atoms with E-state index in [0.29, 0.717) is 0 Å².